The molecule has 0 fully saturated rings. The summed E-state index contributed by atoms with van der Waals surface area (Å²) in [6.45, 7) is 13.8. The minimum Gasteiger partial charge on any atom is -0.0610 e. The number of benzene rings is 10. The second-order valence-electron chi connectivity index (χ2n) is 15.8. The van der Waals surface area contributed by atoms with Gasteiger partial charge in [-0.3, -0.25) is 0 Å². The largest absolute Gasteiger partial charge is 0.0610 e. The second kappa shape index (κ2) is 10.1. The molecule has 0 saturated carbocycles. The molecule has 0 heterocycles. The van der Waals surface area contributed by atoms with Crippen LogP contribution in [-0.4, -0.2) is 0 Å². The first-order valence-corrected chi connectivity index (χ1v) is 17.3. The first-order valence-electron chi connectivity index (χ1n) is 17.3. The van der Waals surface area contributed by atoms with E-state index in [0.717, 1.165) is 0 Å². The number of hydrogen-bond donors (Lipinski definition) is 0. The van der Waals surface area contributed by atoms with Gasteiger partial charge >= 0.3 is 0 Å². The first kappa shape index (κ1) is 29.0. The molecule has 0 atom stereocenters. The predicted molar refractivity (Wildman–Crippen MR) is 213 cm³/mol. The molecule has 48 heavy (non-hydrogen) atoms. The number of hydrogen-bond acceptors (Lipinski definition) is 0. The van der Waals surface area contributed by atoms with Crippen LogP contribution >= 0.6 is 0 Å². The Kier molecular flexibility index (Phi) is 6.13. The van der Waals surface area contributed by atoms with E-state index in [-0.39, 0.29) is 10.8 Å². The monoisotopic (exact) mass is 616 g/mol. The van der Waals surface area contributed by atoms with Gasteiger partial charge in [0, 0.05) is 0 Å². The summed E-state index contributed by atoms with van der Waals surface area (Å²) in [5.41, 5.74) is 3.06. The third-order valence-corrected chi connectivity index (χ3v) is 10.7. The molecule has 0 aliphatic rings. The van der Waals surface area contributed by atoms with Crippen molar-refractivity contribution in [2.75, 3.05) is 0 Å². The highest BCUT2D eigenvalue weighted by Gasteiger charge is 2.21. The lowest BCUT2D eigenvalue weighted by molar-refractivity contribution is 0.591. The molecule has 10 aromatic rings. The molecule has 0 aliphatic heterocycles. The maximum atomic E-state index is 2.43. The molecule has 0 aliphatic carbocycles. The fourth-order valence-electron chi connectivity index (χ4n) is 8.18. The topological polar surface area (TPSA) is 0 Å². The average molecular weight is 617 g/mol. The molecule has 10 rings (SSSR count). The smallest absolute Gasteiger partial charge is 0.00262 e. The number of rotatable bonds is 0. The molecule has 232 valence electrons. The van der Waals surface area contributed by atoms with Gasteiger partial charge in [0.2, 0.25) is 0 Å². The van der Waals surface area contributed by atoms with Crippen LogP contribution in [0.5, 0.6) is 0 Å². The molecule has 0 radical (unpaired) electrons. The van der Waals surface area contributed by atoms with Gasteiger partial charge in [0.15, 0.2) is 0 Å². The Labute approximate surface area is 282 Å². The fraction of sp³-hybridized carbons (Fsp3) is 0.167. The van der Waals surface area contributed by atoms with E-state index in [2.05, 4.69) is 175 Å². The highest BCUT2D eigenvalue weighted by atomic mass is 14.2. The maximum absolute atomic E-state index is 2.43. The average Bonchev–Trinajstić information content (AvgIpc) is 3.08. The van der Waals surface area contributed by atoms with Crippen molar-refractivity contribution in [2.24, 2.45) is 0 Å². The lowest BCUT2D eigenvalue weighted by Gasteiger charge is -2.24. The van der Waals surface area contributed by atoms with E-state index < -0.39 is 0 Å². The van der Waals surface area contributed by atoms with E-state index in [1.807, 2.05) is 0 Å². The van der Waals surface area contributed by atoms with Crippen LogP contribution in [0.15, 0.2) is 133 Å². The van der Waals surface area contributed by atoms with Crippen molar-refractivity contribution < 1.29 is 0 Å². The van der Waals surface area contributed by atoms with E-state index in [1.165, 1.54) is 97.3 Å². The Morgan fingerprint density at radius 2 is 0.521 bits per heavy atom. The van der Waals surface area contributed by atoms with Crippen LogP contribution in [0.2, 0.25) is 0 Å². The second-order valence-corrected chi connectivity index (χ2v) is 15.8. The third kappa shape index (κ3) is 4.29. The Morgan fingerprint density at radius 1 is 0.271 bits per heavy atom. The maximum Gasteiger partial charge on any atom is -0.00262 e. The van der Waals surface area contributed by atoms with Crippen LogP contribution in [0.3, 0.4) is 0 Å². The normalized spacial score (nSPS) is 12.8. The highest BCUT2D eigenvalue weighted by molar-refractivity contribution is 6.34. The van der Waals surface area contributed by atoms with Gasteiger partial charge in [0.05, 0.1) is 0 Å². The molecule has 0 nitrogen and oxygen atoms in total. The van der Waals surface area contributed by atoms with Gasteiger partial charge in [-0.05, 0) is 120 Å². The first-order chi connectivity index (χ1) is 23.1. The quantitative estimate of drug-likeness (QED) is 0.117. The molecule has 0 aromatic heterocycles. The molecular formula is C48H40. The van der Waals surface area contributed by atoms with Gasteiger partial charge in [-0.1, -0.05) is 163 Å². The lowest BCUT2D eigenvalue weighted by atomic mass is 9.80. The van der Waals surface area contributed by atoms with Crippen LogP contribution in [0.1, 0.15) is 52.7 Å². The van der Waals surface area contributed by atoms with E-state index >= 15 is 0 Å². The van der Waals surface area contributed by atoms with Crippen molar-refractivity contribution in [3.63, 3.8) is 0 Å². The minimum absolute atomic E-state index is 0.130. The zero-order chi connectivity index (χ0) is 32.9. The van der Waals surface area contributed by atoms with Crippen molar-refractivity contribution in [3.8, 4) is 0 Å². The van der Waals surface area contributed by atoms with Crippen LogP contribution in [0.4, 0.5) is 0 Å². The lowest BCUT2D eigenvalue weighted by Crippen LogP contribution is -2.11. The summed E-state index contributed by atoms with van der Waals surface area (Å²) >= 11 is 0. The molecule has 0 bridgehead atoms. The van der Waals surface area contributed by atoms with Crippen molar-refractivity contribution >= 4 is 86.2 Å². The van der Waals surface area contributed by atoms with E-state index in [0.29, 0.717) is 0 Å². The SMILES string of the molecule is CC(C)(C)c1cc2cccc3c4cc(C(C)(C)C)cc5cccc(c(c1)c23)c54.c1cc2cccc3c4cccc5cccc(c(c1)c23)c54. The summed E-state index contributed by atoms with van der Waals surface area (Å²) in [6.07, 6.45) is 0. The summed E-state index contributed by atoms with van der Waals surface area (Å²) < 4.78 is 0. The van der Waals surface area contributed by atoms with E-state index in [4.69, 9.17) is 0 Å². The third-order valence-electron chi connectivity index (χ3n) is 10.7. The Hall–Kier alpha value is -5.20. The molecule has 0 spiro atoms. The standard InChI is InChI=1S/C28H28.C20H12/c1-27(2,3)19-13-17-9-7-12-22-24-16-20(28(4,5)6)14-18-10-8-11-21(26(18)24)23(15-19)25(17)22;1-5-13-6-2-11-17-18-12-4-8-14-7-3-10-16(20(14)18)15(9-1)19(13)17/h7-16H,1-6H3;1-12H. The number of fused-ring (bicyclic) bond motifs is 4. The minimum atomic E-state index is 0.130. The summed E-state index contributed by atoms with van der Waals surface area (Å²) in [6, 6.07) is 49.7. The van der Waals surface area contributed by atoms with Gasteiger partial charge in [0.1, 0.15) is 0 Å². The zero-order valence-electron chi connectivity index (χ0n) is 28.7. The van der Waals surface area contributed by atoms with Gasteiger partial charge in [-0.2, -0.15) is 0 Å². The van der Waals surface area contributed by atoms with Gasteiger partial charge in [-0.25, -0.2) is 0 Å². The summed E-state index contributed by atoms with van der Waals surface area (Å²) in [5.74, 6) is 0. The molecule has 0 amide bonds. The van der Waals surface area contributed by atoms with Crippen molar-refractivity contribution in [1.29, 1.82) is 0 Å². The molecule has 0 N–H and O–H groups in total. The predicted octanol–water partition coefficient (Wildman–Crippen LogP) is 14.1. The van der Waals surface area contributed by atoms with Gasteiger partial charge in [0.25, 0.3) is 0 Å². The van der Waals surface area contributed by atoms with Crippen LogP contribution in [-0.2, 0) is 10.8 Å². The fourth-order valence-corrected chi connectivity index (χ4v) is 8.18. The molecular weight excluding hydrogens is 577 g/mol. The Morgan fingerprint density at radius 3 is 0.812 bits per heavy atom. The zero-order valence-corrected chi connectivity index (χ0v) is 28.7. The molecule has 0 saturated heterocycles. The Balaban J connectivity index is 0.000000138. The van der Waals surface area contributed by atoms with Crippen molar-refractivity contribution in [1.82, 2.24) is 0 Å². The van der Waals surface area contributed by atoms with Crippen molar-refractivity contribution in [3.05, 3.63) is 145 Å². The van der Waals surface area contributed by atoms with Gasteiger partial charge in [-0.15, -0.1) is 0 Å². The highest BCUT2D eigenvalue weighted by Crippen LogP contribution is 2.44. The molecule has 0 unspecified atom stereocenters. The van der Waals surface area contributed by atoms with Crippen LogP contribution in [0.25, 0.3) is 86.2 Å². The van der Waals surface area contributed by atoms with Crippen LogP contribution < -0.4 is 0 Å². The molecule has 0 heteroatoms. The summed E-state index contributed by atoms with van der Waals surface area (Å²) in [4.78, 5) is 0. The Bertz CT molecular complexity index is 2560. The van der Waals surface area contributed by atoms with Crippen LogP contribution in [0, 0.1) is 0 Å². The summed E-state index contributed by atoms with van der Waals surface area (Å²) in [5, 5.41) is 21.9. The van der Waals surface area contributed by atoms with E-state index in [1.54, 1.807) is 0 Å². The molecule has 10 aromatic carbocycles. The van der Waals surface area contributed by atoms with E-state index in [9.17, 15) is 0 Å². The van der Waals surface area contributed by atoms with Crippen molar-refractivity contribution in [2.45, 2.75) is 52.4 Å². The summed E-state index contributed by atoms with van der Waals surface area (Å²) in [7, 11) is 0. The van der Waals surface area contributed by atoms with Gasteiger partial charge < -0.3 is 0 Å².